The summed E-state index contributed by atoms with van der Waals surface area (Å²) >= 11 is 0. The lowest BCUT2D eigenvalue weighted by molar-refractivity contribution is -0.144. The van der Waals surface area contributed by atoms with E-state index in [1.54, 1.807) is 5.10 Å². The Balaban J connectivity index is 1.63. The molecular formula is C17H14F3N5O2. The van der Waals surface area contributed by atoms with Crippen LogP contribution in [0.25, 0.3) is 0 Å². The van der Waals surface area contributed by atoms with Gasteiger partial charge in [0, 0.05) is 12.3 Å². The van der Waals surface area contributed by atoms with Crippen LogP contribution >= 0.6 is 0 Å². The summed E-state index contributed by atoms with van der Waals surface area (Å²) in [5.74, 6) is -2.17. The number of H-pyrrole nitrogens is 1. The van der Waals surface area contributed by atoms with Crippen molar-refractivity contribution in [2.75, 3.05) is 5.32 Å². The molecule has 2 heterocycles. The van der Waals surface area contributed by atoms with Crippen molar-refractivity contribution < 1.29 is 22.7 Å². The Hall–Kier alpha value is -3.43. The van der Waals surface area contributed by atoms with Gasteiger partial charge in [0.2, 0.25) is 17.7 Å². The number of hydrogen-bond donors (Lipinski definition) is 2. The maximum atomic E-state index is 12.5. The topological polar surface area (TPSA) is 92.8 Å². The Kier molecular flexibility index (Phi) is 5.06. The number of nitrogens with one attached hydrogen (secondary N) is 2. The molecule has 0 aliphatic heterocycles. The third-order valence-corrected chi connectivity index (χ3v) is 3.54. The van der Waals surface area contributed by atoms with Crippen molar-refractivity contribution in [2.24, 2.45) is 0 Å². The van der Waals surface area contributed by atoms with Gasteiger partial charge in [-0.25, -0.2) is 4.98 Å². The van der Waals surface area contributed by atoms with E-state index >= 15 is 0 Å². The minimum Gasteiger partial charge on any atom is -0.470 e. The van der Waals surface area contributed by atoms with Crippen LogP contribution in [0.4, 0.5) is 19.1 Å². The molecule has 3 rings (SSSR count). The van der Waals surface area contributed by atoms with Crippen LogP contribution in [0.15, 0.2) is 48.7 Å². The van der Waals surface area contributed by atoms with Gasteiger partial charge in [-0.15, -0.1) is 5.10 Å². The van der Waals surface area contributed by atoms with Crippen LogP contribution in [0.2, 0.25) is 0 Å². The van der Waals surface area contributed by atoms with E-state index in [1.807, 2.05) is 37.3 Å². The van der Waals surface area contributed by atoms with Gasteiger partial charge >= 0.3 is 6.18 Å². The number of pyridine rings is 1. The number of alkyl halides is 3. The summed E-state index contributed by atoms with van der Waals surface area (Å²) in [4.78, 5) is 19.3. The zero-order valence-corrected chi connectivity index (χ0v) is 14.0. The number of nitrogens with zero attached hydrogens (tertiary/aromatic N) is 3. The van der Waals surface area contributed by atoms with Crippen molar-refractivity contribution in [3.05, 3.63) is 65.6 Å². The monoisotopic (exact) mass is 377 g/mol. The number of rotatable bonds is 5. The molecule has 7 nitrogen and oxygen atoms in total. The maximum Gasteiger partial charge on any atom is 0.451 e. The summed E-state index contributed by atoms with van der Waals surface area (Å²) in [6.07, 6.45) is -3.67. The number of carbonyl (C=O) groups excluding carboxylic acids is 1. The van der Waals surface area contributed by atoms with E-state index in [2.05, 4.69) is 20.4 Å². The fraction of sp³-hybridized carbons (Fsp3) is 0.176. The van der Waals surface area contributed by atoms with E-state index in [0.717, 1.165) is 5.56 Å². The molecule has 2 aromatic heterocycles. The van der Waals surface area contributed by atoms with Crippen LogP contribution in [0.5, 0.6) is 5.88 Å². The fourth-order valence-electron chi connectivity index (χ4n) is 2.18. The lowest BCUT2D eigenvalue weighted by Gasteiger charge is -2.14. The van der Waals surface area contributed by atoms with Crippen molar-refractivity contribution in [2.45, 2.75) is 19.2 Å². The van der Waals surface area contributed by atoms with Gasteiger partial charge in [0.1, 0.15) is 6.10 Å². The third kappa shape index (κ3) is 4.60. The first-order valence-electron chi connectivity index (χ1n) is 7.81. The first-order chi connectivity index (χ1) is 12.8. The number of aromatic nitrogens is 4. The van der Waals surface area contributed by atoms with Crippen LogP contribution < -0.4 is 10.1 Å². The van der Waals surface area contributed by atoms with Crippen molar-refractivity contribution >= 4 is 11.9 Å². The zero-order chi connectivity index (χ0) is 19.4. The fourth-order valence-corrected chi connectivity index (χ4v) is 2.18. The molecule has 140 valence electrons. The Bertz CT molecular complexity index is 910. The van der Waals surface area contributed by atoms with Gasteiger partial charge in [-0.1, -0.05) is 30.3 Å². The van der Waals surface area contributed by atoms with Gasteiger partial charge in [0.05, 0.1) is 5.56 Å². The molecular weight excluding hydrogens is 363 g/mol. The Morgan fingerprint density at radius 1 is 1.19 bits per heavy atom. The van der Waals surface area contributed by atoms with Gasteiger partial charge < -0.3 is 4.74 Å². The summed E-state index contributed by atoms with van der Waals surface area (Å²) in [6, 6.07) is 12.4. The molecule has 0 radical (unpaired) electrons. The number of ether oxygens (including phenoxy) is 1. The van der Waals surface area contributed by atoms with Crippen LogP contribution in [0.1, 0.15) is 34.8 Å². The Morgan fingerprint density at radius 2 is 1.93 bits per heavy atom. The number of hydrogen-bond acceptors (Lipinski definition) is 5. The average Bonchev–Trinajstić information content (AvgIpc) is 3.12. The highest BCUT2D eigenvalue weighted by atomic mass is 19.4. The molecule has 0 fully saturated rings. The van der Waals surface area contributed by atoms with Crippen molar-refractivity contribution in [3.63, 3.8) is 0 Å². The van der Waals surface area contributed by atoms with Gasteiger partial charge in [0.25, 0.3) is 5.91 Å². The SMILES string of the molecule is C[C@H](Oc1ccc(C(=O)Nc2n[nH]c(C(F)(F)F)n2)cn1)c1ccccc1. The molecule has 10 heteroatoms. The minimum atomic E-state index is -4.67. The molecule has 3 aromatic rings. The second kappa shape index (κ2) is 7.44. The Morgan fingerprint density at radius 3 is 2.52 bits per heavy atom. The standard InChI is InChI=1S/C17H14F3N5O2/c1-10(11-5-3-2-4-6-11)27-13-8-7-12(9-21-13)14(26)22-16-23-15(24-25-16)17(18,19)20/h2-10H,1H3,(H2,22,23,24,25,26)/t10-/m0/s1. The average molecular weight is 377 g/mol. The first-order valence-corrected chi connectivity index (χ1v) is 7.81. The maximum absolute atomic E-state index is 12.5. The molecule has 0 aliphatic carbocycles. The lowest BCUT2D eigenvalue weighted by Crippen LogP contribution is -2.14. The molecule has 0 saturated heterocycles. The molecule has 27 heavy (non-hydrogen) atoms. The van der Waals surface area contributed by atoms with Gasteiger partial charge in [-0.05, 0) is 18.6 Å². The van der Waals surface area contributed by atoms with Crippen LogP contribution in [-0.2, 0) is 6.18 Å². The quantitative estimate of drug-likeness (QED) is 0.709. The number of carbonyl (C=O) groups is 1. The zero-order valence-electron chi connectivity index (χ0n) is 14.0. The van der Waals surface area contributed by atoms with Crippen LogP contribution in [-0.4, -0.2) is 26.1 Å². The first kappa shape index (κ1) is 18.4. The summed E-state index contributed by atoms with van der Waals surface area (Å²) in [5.41, 5.74) is 1.08. The van der Waals surface area contributed by atoms with Crippen molar-refractivity contribution in [3.8, 4) is 5.88 Å². The predicted molar refractivity (Wildman–Crippen MR) is 89.1 cm³/mol. The number of anilines is 1. The minimum absolute atomic E-state index is 0.119. The molecule has 1 atom stereocenters. The van der Waals surface area contributed by atoms with Crippen molar-refractivity contribution in [1.82, 2.24) is 20.2 Å². The van der Waals surface area contributed by atoms with E-state index < -0.39 is 23.9 Å². The van der Waals surface area contributed by atoms with E-state index in [9.17, 15) is 18.0 Å². The number of benzene rings is 1. The lowest BCUT2D eigenvalue weighted by atomic mass is 10.1. The Labute approximate surface area is 151 Å². The molecule has 1 amide bonds. The number of aromatic amines is 1. The molecule has 1 aromatic carbocycles. The van der Waals surface area contributed by atoms with Crippen LogP contribution in [0.3, 0.4) is 0 Å². The number of halogens is 3. The molecule has 0 spiro atoms. The summed E-state index contributed by atoms with van der Waals surface area (Å²) < 4.78 is 43.1. The van der Waals surface area contributed by atoms with E-state index in [1.165, 1.54) is 18.3 Å². The number of amides is 1. The molecule has 2 N–H and O–H groups in total. The molecule has 0 aliphatic rings. The summed E-state index contributed by atoms with van der Waals surface area (Å²) in [5, 5.41) is 7.18. The smallest absolute Gasteiger partial charge is 0.451 e. The highest BCUT2D eigenvalue weighted by Crippen LogP contribution is 2.26. The van der Waals surface area contributed by atoms with E-state index in [0.29, 0.717) is 5.88 Å². The van der Waals surface area contributed by atoms with Crippen LogP contribution in [0, 0.1) is 0 Å². The van der Waals surface area contributed by atoms with Gasteiger partial charge in [-0.3, -0.25) is 15.2 Å². The van der Waals surface area contributed by atoms with E-state index in [4.69, 9.17) is 4.74 Å². The summed E-state index contributed by atoms with van der Waals surface area (Å²) in [7, 11) is 0. The van der Waals surface area contributed by atoms with Gasteiger partial charge in [-0.2, -0.15) is 18.2 Å². The second-order valence-corrected chi connectivity index (χ2v) is 5.52. The highest BCUT2D eigenvalue weighted by Gasteiger charge is 2.35. The van der Waals surface area contributed by atoms with Crippen molar-refractivity contribution in [1.29, 1.82) is 0 Å². The summed E-state index contributed by atoms with van der Waals surface area (Å²) in [6.45, 7) is 1.86. The molecule has 0 bridgehead atoms. The third-order valence-electron chi connectivity index (χ3n) is 3.54. The van der Waals surface area contributed by atoms with Gasteiger partial charge in [0.15, 0.2) is 0 Å². The molecule has 0 saturated carbocycles. The molecule has 0 unspecified atom stereocenters. The normalized spacial score (nSPS) is 12.4. The second-order valence-electron chi connectivity index (χ2n) is 5.52. The largest absolute Gasteiger partial charge is 0.470 e. The highest BCUT2D eigenvalue weighted by molar-refractivity contribution is 6.03. The predicted octanol–water partition coefficient (Wildman–Crippen LogP) is 3.61. The van der Waals surface area contributed by atoms with E-state index in [-0.39, 0.29) is 11.7 Å².